The zero-order valence-electron chi connectivity index (χ0n) is 19.8. The highest BCUT2D eigenvalue weighted by Crippen LogP contribution is 2.42. The molecule has 0 amide bonds. The monoisotopic (exact) mass is 462 g/mol. The molecule has 1 atom stereocenters. The highest BCUT2D eigenvalue weighted by atomic mass is 16.5. The van der Waals surface area contributed by atoms with E-state index < -0.39 is 0 Å². The van der Waals surface area contributed by atoms with Crippen molar-refractivity contribution >= 4 is 16.7 Å². The van der Waals surface area contributed by atoms with Crippen LogP contribution in [0.1, 0.15) is 39.8 Å². The number of H-pyrrole nitrogens is 1. The van der Waals surface area contributed by atoms with Gasteiger partial charge in [-0.05, 0) is 55.2 Å². The Kier molecular flexibility index (Phi) is 4.46. The Morgan fingerprint density at radius 2 is 1.86 bits per heavy atom. The van der Waals surface area contributed by atoms with E-state index in [4.69, 9.17) is 9.72 Å². The molecule has 0 saturated carbocycles. The first-order valence-corrected chi connectivity index (χ1v) is 12.1. The van der Waals surface area contributed by atoms with Crippen LogP contribution in [-0.2, 0) is 12.8 Å². The topological polar surface area (TPSA) is 71.9 Å². The summed E-state index contributed by atoms with van der Waals surface area (Å²) in [6, 6.07) is 17.3. The molecule has 1 unspecified atom stereocenters. The van der Waals surface area contributed by atoms with E-state index in [0.717, 1.165) is 54.8 Å². The number of benzene rings is 2. The molecule has 0 radical (unpaired) electrons. The lowest BCUT2D eigenvalue weighted by Crippen LogP contribution is -2.37. The minimum absolute atomic E-state index is 0.0189. The van der Waals surface area contributed by atoms with Gasteiger partial charge in [-0.1, -0.05) is 24.3 Å². The number of hydrogen-bond donors (Lipinski definition) is 1. The van der Waals surface area contributed by atoms with Crippen molar-refractivity contribution in [3.8, 4) is 11.6 Å². The highest BCUT2D eigenvalue weighted by molar-refractivity contribution is 5.86. The van der Waals surface area contributed by atoms with Gasteiger partial charge in [-0.3, -0.25) is 4.57 Å². The molecule has 2 aliphatic rings. The van der Waals surface area contributed by atoms with E-state index in [-0.39, 0.29) is 6.04 Å². The van der Waals surface area contributed by atoms with Gasteiger partial charge in [0.1, 0.15) is 30.0 Å². The average Bonchev–Trinajstić information content (AvgIpc) is 3.60. The molecule has 0 aliphatic carbocycles. The number of nitrogens with one attached hydrogen (secondary N) is 1. The summed E-state index contributed by atoms with van der Waals surface area (Å²) in [5, 5.41) is 1.31. The number of rotatable bonds is 3. The lowest BCUT2D eigenvalue weighted by atomic mass is 9.91. The van der Waals surface area contributed by atoms with Crippen molar-refractivity contribution in [3.05, 3.63) is 95.0 Å². The molecule has 2 aromatic carbocycles. The highest BCUT2D eigenvalue weighted by Gasteiger charge is 2.33. The van der Waals surface area contributed by atoms with Crippen LogP contribution >= 0.6 is 0 Å². The molecule has 0 saturated heterocycles. The van der Waals surface area contributed by atoms with Crippen LogP contribution in [0.2, 0.25) is 0 Å². The molecule has 5 heterocycles. The molecule has 0 fully saturated rings. The van der Waals surface area contributed by atoms with E-state index in [2.05, 4.69) is 75.3 Å². The van der Waals surface area contributed by atoms with Gasteiger partial charge in [-0.15, -0.1) is 0 Å². The molecule has 174 valence electrons. The molecule has 5 aromatic rings. The number of aryl methyl sites for hydroxylation is 1. The normalized spacial score (nSPS) is 16.9. The summed E-state index contributed by atoms with van der Waals surface area (Å²) < 4.78 is 7.83. The van der Waals surface area contributed by atoms with Crippen LogP contribution in [0, 0.1) is 13.8 Å². The van der Waals surface area contributed by atoms with Crippen molar-refractivity contribution in [2.24, 2.45) is 0 Å². The Morgan fingerprint density at radius 1 is 0.971 bits per heavy atom. The van der Waals surface area contributed by atoms with Crippen LogP contribution in [-0.4, -0.2) is 37.7 Å². The Balaban J connectivity index is 1.39. The fraction of sp³-hybridized carbons (Fsp3) is 0.250. The van der Waals surface area contributed by atoms with Gasteiger partial charge in [-0.2, -0.15) is 0 Å². The van der Waals surface area contributed by atoms with Crippen molar-refractivity contribution in [1.82, 2.24) is 24.5 Å². The molecule has 2 aliphatic heterocycles. The molecular weight excluding hydrogens is 436 g/mol. The fourth-order valence-corrected chi connectivity index (χ4v) is 5.57. The van der Waals surface area contributed by atoms with Crippen LogP contribution in [0.4, 0.5) is 5.82 Å². The van der Waals surface area contributed by atoms with Crippen LogP contribution in [0.25, 0.3) is 16.7 Å². The predicted octanol–water partition coefficient (Wildman–Crippen LogP) is 4.85. The second-order valence-corrected chi connectivity index (χ2v) is 9.39. The minimum atomic E-state index is 0.0189. The predicted molar refractivity (Wildman–Crippen MR) is 135 cm³/mol. The average molecular weight is 463 g/mol. The molecule has 7 rings (SSSR count). The van der Waals surface area contributed by atoms with E-state index in [9.17, 15) is 0 Å². The van der Waals surface area contributed by atoms with E-state index >= 15 is 0 Å². The quantitative estimate of drug-likeness (QED) is 0.415. The zero-order chi connectivity index (χ0) is 23.5. The van der Waals surface area contributed by atoms with Gasteiger partial charge in [0.15, 0.2) is 0 Å². The number of anilines is 1. The summed E-state index contributed by atoms with van der Waals surface area (Å²) in [4.78, 5) is 19.9. The van der Waals surface area contributed by atoms with E-state index in [1.807, 2.05) is 17.8 Å². The van der Waals surface area contributed by atoms with Crippen molar-refractivity contribution < 1.29 is 4.74 Å². The third-order valence-electron chi connectivity index (χ3n) is 7.49. The van der Waals surface area contributed by atoms with Crippen LogP contribution < -0.4 is 9.64 Å². The van der Waals surface area contributed by atoms with E-state index in [1.165, 1.54) is 33.3 Å². The van der Waals surface area contributed by atoms with E-state index in [0.29, 0.717) is 0 Å². The van der Waals surface area contributed by atoms with Crippen molar-refractivity contribution in [3.63, 3.8) is 0 Å². The van der Waals surface area contributed by atoms with Crippen molar-refractivity contribution in [2.75, 3.05) is 18.1 Å². The van der Waals surface area contributed by atoms with Gasteiger partial charge >= 0.3 is 0 Å². The molecule has 35 heavy (non-hydrogen) atoms. The largest absolute Gasteiger partial charge is 0.493 e. The van der Waals surface area contributed by atoms with Gasteiger partial charge < -0.3 is 14.6 Å². The van der Waals surface area contributed by atoms with E-state index in [1.54, 1.807) is 6.33 Å². The number of hydrogen-bond acceptors (Lipinski definition) is 5. The third kappa shape index (κ3) is 3.15. The maximum atomic E-state index is 5.80. The number of nitrogens with zero attached hydrogens (tertiary/aromatic N) is 5. The van der Waals surface area contributed by atoms with Gasteiger partial charge in [0, 0.05) is 41.3 Å². The van der Waals surface area contributed by atoms with Gasteiger partial charge in [0.2, 0.25) is 0 Å². The number of ether oxygens (including phenoxy) is 1. The van der Waals surface area contributed by atoms with Crippen LogP contribution in [0.3, 0.4) is 0 Å². The molecule has 7 heteroatoms. The molecular formula is C28H26N6O. The Hall–Kier alpha value is -4.13. The summed E-state index contributed by atoms with van der Waals surface area (Å²) in [5.74, 6) is 2.74. The maximum Gasteiger partial charge on any atom is 0.143 e. The molecule has 1 N–H and O–H groups in total. The Labute approximate surface area is 203 Å². The molecule has 0 spiro atoms. The van der Waals surface area contributed by atoms with Crippen LogP contribution in [0.5, 0.6) is 5.75 Å². The Bertz CT molecular complexity index is 1580. The maximum absolute atomic E-state index is 5.80. The lowest BCUT2D eigenvalue weighted by molar-refractivity contribution is 0.357. The summed E-state index contributed by atoms with van der Waals surface area (Å²) in [6.07, 6.45) is 5.40. The molecule has 0 bridgehead atoms. The smallest absolute Gasteiger partial charge is 0.143 e. The standard InChI is InChI=1S/C28H26N6O/c1-17-18(2)34(16-31-17)26-14-25(29-15-30-26)33-11-9-22-21-5-3-4-6-23(21)32-27(22)28(33)20-7-8-24-19(13-20)10-12-35-24/h3-8,13-16,28,32H,9-12H2,1-2H3. The SMILES string of the molecule is Cc1ncn(-c2cc(N3CCc4c([nH]c5ccccc45)C3c3ccc4c(c3)CCO4)ncn2)c1C. The second-order valence-electron chi connectivity index (χ2n) is 9.39. The van der Waals surface area contributed by atoms with Crippen molar-refractivity contribution in [2.45, 2.75) is 32.7 Å². The number of imidazole rings is 1. The summed E-state index contributed by atoms with van der Waals surface area (Å²) in [7, 11) is 0. The first-order valence-electron chi connectivity index (χ1n) is 12.1. The number of aromatic amines is 1. The van der Waals surface area contributed by atoms with Gasteiger partial charge in [0.05, 0.1) is 18.3 Å². The summed E-state index contributed by atoms with van der Waals surface area (Å²) >= 11 is 0. The van der Waals surface area contributed by atoms with Crippen molar-refractivity contribution in [1.29, 1.82) is 0 Å². The number of para-hydroxylation sites is 1. The first-order chi connectivity index (χ1) is 17.2. The molecule has 7 nitrogen and oxygen atoms in total. The second kappa shape index (κ2) is 7.70. The minimum Gasteiger partial charge on any atom is -0.493 e. The number of aromatic nitrogens is 5. The zero-order valence-corrected chi connectivity index (χ0v) is 19.8. The Morgan fingerprint density at radius 3 is 2.74 bits per heavy atom. The van der Waals surface area contributed by atoms with Gasteiger partial charge in [0.25, 0.3) is 0 Å². The summed E-state index contributed by atoms with van der Waals surface area (Å²) in [5.41, 5.74) is 8.43. The number of fused-ring (bicyclic) bond motifs is 4. The fourth-order valence-electron chi connectivity index (χ4n) is 5.57. The molecule has 3 aromatic heterocycles. The summed E-state index contributed by atoms with van der Waals surface area (Å²) in [6.45, 7) is 5.70. The lowest BCUT2D eigenvalue weighted by Gasteiger charge is -2.37. The van der Waals surface area contributed by atoms with Crippen LogP contribution in [0.15, 0.2) is 61.2 Å². The first kappa shape index (κ1) is 20.3. The third-order valence-corrected chi connectivity index (χ3v) is 7.49. The van der Waals surface area contributed by atoms with Gasteiger partial charge in [-0.25, -0.2) is 15.0 Å².